The van der Waals surface area contributed by atoms with Crippen LogP contribution in [0.25, 0.3) is 0 Å². The average molecular weight is 230 g/mol. The van der Waals surface area contributed by atoms with Crippen LogP contribution in [0.15, 0.2) is 0 Å². The highest BCUT2D eigenvalue weighted by Gasteiger charge is 2.38. The van der Waals surface area contributed by atoms with E-state index in [1.54, 1.807) is 23.7 Å². The van der Waals surface area contributed by atoms with E-state index in [1.165, 1.54) is 0 Å². The summed E-state index contributed by atoms with van der Waals surface area (Å²) in [5.41, 5.74) is 5.08. The first-order valence-electron chi connectivity index (χ1n) is 4.36. The summed E-state index contributed by atoms with van der Waals surface area (Å²) < 4.78 is 36.9. The molecule has 0 aliphatic heterocycles. The molecule has 0 aromatic heterocycles. The Hall–Kier alpha value is 0.0600. The second kappa shape index (κ2) is 6.53. The zero-order valence-corrected chi connectivity index (χ0v) is 9.29. The zero-order valence-electron chi connectivity index (χ0n) is 8.47. The molecule has 14 heavy (non-hydrogen) atoms. The van der Waals surface area contributed by atoms with Crippen LogP contribution in [0.3, 0.4) is 0 Å². The summed E-state index contributed by atoms with van der Waals surface area (Å²) in [5.74, 6) is -0.569. The van der Waals surface area contributed by atoms with Crippen LogP contribution in [-0.2, 0) is 0 Å². The topological polar surface area (TPSA) is 29.3 Å². The summed E-state index contributed by atoms with van der Waals surface area (Å²) in [6.07, 6.45) is -2.25. The first kappa shape index (κ1) is 14.1. The predicted octanol–water partition coefficient (Wildman–Crippen LogP) is 1.42. The van der Waals surface area contributed by atoms with Gasteiger partial charge in [0, 0.05) is 25.4 Å². The first-order chi connectivity index (χ1) is 6.41. The third-order valence-corrected chi connectivity index (χ3v) is 2.55. The van der Waals surface area contributed by atoms with Gasteiger partial charge in [-0.05, 0) is 13.3 Å². The molecule has 0 fully saturated rings. The molecule has 6 heteroatoms. The quantitative estimate of drug-likeness (QED) is 0.748. The standard InChI is InChI=1S/C8H17F3N2S/c1-13(3-4-14-2)6-7(5-12)8(9,10)11/h7H,3-6,12H2,1-2H3. The molecule has 0 saturated carbocycles. The van der Waals surface area contributed by atoms with Crippen molar-refractivity contribution in [1.29, 1.82) is 0 Å². The maximum Gasteiger partial charge on any atom is 0.394 e. The van der Waals surface area contributed by atoms with Gasteiger partial charge in [-0.1, -0.05) is 0 Å². The van der Waals surface area contributed by atoms with E-state index in [9.17, 15) is 13.2 Å². The number of hydrogen-bond donors (Lipinski definition) is 1. The van der Waals surface area contributed by atoms with E-state index in [0.29, 0.717) is 6.54 Å². The van der Waals surface area contributed by atoms with Crippen LogP contribution >= 0.6 is 11.8 Å². The van der Waals surface area contributed by atoms with Gasteiger partial charge in [0.15, 0.2) is 0 Å². The second-order valence-electron chi connectivity index (χ2n) is 3.23. The van der Waals surface area contributed by atoms with E-state index in [2.05, 4.69) is 0 Å². The van der Waals surface area contributed by atoms with Crippen LogP contribution in [0.4, 0.5) is 13.2 Å². The van der Waals surface area contributed by atoms with Crippen molar-refractivity contribution in [2.75, 3.05) is 38.7 Å². The molecular formula is C8H17F3N2S. The molecule has 0 radical (unpaired) electrons. The zero-order chi connectivity index (χ0) is 11.2. The molecule has 1 unspecified atom stereocenters. The van der Waals surface area contributed by atoms with Crippen molar-refractivity contribution in [3.63, 3.8) is 0 Å². The second-order valence-corrected chi connectivity index (χ2v) is 4.21. The highest BCUT2D eigenvalue weighted by molar-refractivity contribution is 7.98. The molecule has 0 amide bonds. The third-order valence-electron chi connectivity index (χ3n) is 1.96. The Balaban J connectivity index is 3.93. The Morgan fingerprint density at radius 2 is 2.00 bits per heavy atom. The van der Waals surface area contributed by atoms with Gasteiger partial charge in [0.05, 0.1) is 5.92 Å². The van der Waals surface area contributed by atoms with Crippen LogP contribution in [0.1, 0.15) is 0 Å². The normalized spacial score (nSPS) is 14.8. The Morgan fingerprint density at radius 1 is 1.43 bits per heavy atom. The minimum absolute atomic E-state index is 0.0133. The lowest BCUT2D eigenvalue weighted by atomic mass is 10.1. The summed E-state index contributed by atoms with van der Waals surface area (Å²) in [4.78, 5) is 1.67. The smallest absolute Gasteiger partial charge is 0.330 e. The minimum atomic E-state index is -4.18. The molecule has 1 atom stereocenters. The summed E-state index contributed by atoms with van der Waals surface area (Å²) >= 11 is 1.62. The average Bonchev–Trinajstić information content (AvgIpc) is 2.08. The summed E-state index contributed by atoms with van der Waals surface area (Å²) in [6, 6.07) is 0. The van der Waals surface area contributed by atoms with Gasteiger partial charge >= 0.3 is 6.18 Å². The number of nitrogens with two attached hydrogens (primary N) is 1. The summed E-state index contributed by atoms with van der Waals surface area (Å²) in [6.45, 7) is 0.307. The van der Waals surface area contributed by atoms with Crippen molar-refractivity contribution in [3.05, 3.63) is 0 Å². The van der Waals surface area contributed by atoms with Crippen molar-refractivity contribution >= 4 is 11.8 Å². The van der Waals surface area contributed by atoms with Gasteiger partial charge in [-0.25, -0.2) is 0 Å². The molecule has 0 heterocycles. The number of thioether (sulfide) groups is 1. The fourth-order valence-electron chi connectivity index (χ4n) is 1.03. The van der Waals surface area contributed by atoms with Gasteiger partial charge in [-0.2, -0.15) is 24.9 Å². The largest absolute Gasteiger partial charge is 0.394 e. The van der Waals surface area contributed by atoms with Gasteiger partial charge in [-0.3, -0.25) is 0 Å². The highest BCUT2D eigenvalue weighted by atomic mass is 32.2. The lowest BCUT2D eigenvalue weighted by molar-refractivity contribution is -0.175. The van der Waals surface area contributed by atoms with Crippen LogP contribution < -0.4 is 5.73 Å². The van der Waals surface area contributed by atoms with Crippen molar-refractivity contribution in [1.82, 2.24) is 4.90 Å². The molecule has 0 aromatic rings. The van der Waals surface area contributed by atoms with E-state index in [-0.39, 0.29) is 13.1 Å². The lowest BCUT2D eigenvalue weighted by Gasteiger charge is -2.24. The number of nitrogens with zero attached hydrogens (tertiary/aromatic N) is 1. The molecule has 86 valence electrons. The Kier molecular flexibility index (Phi) is 6.55. The molecule has 2 nitrogen and oxygen atoms in total. The fourth-order valence-corrected chi connectivity index (χ4v) is 1.52. The predicted molar refractivity (Wildman–Crippen MR) is 54.5 cm³/mol. The van der Waals surface area contributed by atoms with E-state index >= 15 is 0 Å². The molecule has 2 N–H and O–H groups in total. The molecule has 0 aromatic carbocycles. The van der Waals surface area contributed by atoms with Gasteiger partial charge in [-0.15, -0.1) is 0 Å². The third kappa shape index (κ3) is 5.72. The van der Waals surface area contributed by atoms with E-state index < -0.39 is 12.1 Å². The SMILES string of the molecule is CSCCN(C)CC(CN)C(F)(F)F. The Bertz CT molecular complexity index is 152. The van der Waals surface area contributed by atoms with Gasteiger partial charge in [0.1, 0.15) is 0 Å². The van der Waals surface area contributed by atoms with Gasteiger partial charge in [0.25, 0.3) is 0 Å². The minimum Gasteiger partial charge on any atom is -0.330 e. The van der Waals surface area contributed by atoms with E-state index in [1.807, 2.05) is 6.26 Å². The molecule has 0 rings (SSSR count). The molecule has 0 bridgehead atoms. The monoisotopic (exact) mass is 230 g/mol. The first-order valence-corrected chi connectivity index (χ1v) is 5.75. The summed E-state index contributed by atoms with van der Waals surface area (Å²) in [7, 11) is 1.69. The van der Waals surface area contributed by atoms with Gasteiger partial charge < -0.3 is 10.6 Å². The molecular weight excluding hydrogens is 213 g/mol. The maximum absolute atomic E-state index is 12.3. The van der Waals surface area contributed by atoms with Crippen molar-refractivity contribution in [2.45, 2.75) is 6.18 Å². The fraction of sp³-hybridized carbons (Fsp3) is 1.00. The molecule has 0 saturated heterocycles. The van der Waals surface area contributed by atoms with Crippen LogP contribution in [0, 0.1) is 5.92 Å². The number of alkyl halides is 3. The molecule has 0 aliphatic rings. The number of hydrogen-bond acceptors (Lipinski definition) is 3. The van der Waals surface area contributed by atoms with Gasteiger partial charge in [0.2, 0.25) is 0 Å². The maximum atomic E-state index is 12.3. The van der Waals surface area contributed by atoms with Crippen LogP contribution in [0.5, 0.6) is 0 Å². The summed E-state index contributed by atoms with van der Waals surface area (Å²) in [5, 5.41) is 0. The van der Waals surface area contributed by atoms with Crippen molar-refractivity contribution in [2.24, 2.45) is 11.7 Å². The van der Waals surface area contributed by atoms with Crippen molar-refractivity contribution < 1.29 is 13.2 Å². The highest BCUT2D eigenvalue weighted by Crippen LogP contribution is 2.25. The lowest BCUT2D eigenvalue weighted by Crippen LogP contribution is -2.40. The Labute approximate surface area is 87.0 Å². The van der Waals surface area contributed by atoms with Crippen LogP contribution in [0.2, 0.25) is 0 Å². The molecule has 0 spiro atoms. The van der Waals surface area contributed by atoms with Crippen LogP contribution in [-0.4, -0.2) is 49.8 Å². The van der Waals surface area contributed by atoms with E-state index in [4.69, 9.17) is 5.73 Å². The molecule has 0 aliphatic carbocycles. The van der Waals surface area contributed by atoms with Crippen molar-refractivity contribution in [3.8, 4) is 0 Å². The van der Waals surface area contributed by atoms with E-state index in [0.717, 1.165) is 5.75 Å². The Morgan fingerprint density at radius 3 is 2.36 bits per heavy atom. The number of rotatable bonds is 6. The number of halogens is 3.